The molecule has 0 radical (unpaired) electrons. The first-order chi connectivity index (χ1) is 10.4. The van der Waals surface area contributed by atoms with Crippen molar-refractivity contribution in [3.63, 3.8) is 0 Å². The second-order valence-electron chi connectivity index (χ2n) is 5.58. The minimum Gasteiger partial charge on any atom is -0.289 e. The molecule has 0 saturated carbocycles. The molecule has 1 N–H and O–H groups in total. The van der Waals surface area contributed by atoms with Crippen molar-refractivity contribution in [1.29, 1.82) is 0 Å². The Balaban J connectivity index is 2.04. The molecule has 2 aromatic rings. The van der Waals surface area contributed by atoms with E-state index in [0.29, 0.717) is 16.7 Å². The van der Waals surface area contributed by atoms with Crippen LogP contribution in [0.25, 0.3) is 0 Å². The average Bonchev–Trinajstić information content (AvgIpc) is 2.93. The number of rotatable bonds is 3. The maximum Gasteiger partial charge on any atom is 0.294 e. The lowest BCUT2D eigenvalue weighted by Gasteiger charge is -2.09. The molecule has 0 aliphatic heterocycles. The van der Waals surface area contributed by atoms with Crippen LogP contribution < -0.4 is 0 Å². The molecular weight excluding hydrogens is 300 g/mol. The topological polar surface area (TPSA) is 71.4 Å². The average molecular weight is 316 g/mol. The Hall–Kier alpha value is -1.98. The zero-order valence-corrected chi connectivity index (χ0v) is 13.0. The summed E-state index contributed by atoms with van der Waals surface area (Å²) in [6.07, 6.45) is 2.96. The van der Waals surface area contributed by atoms with E-state index in [1.54, 1.807) is 6.92 Å². The Morgan fingerprint density at radius 3 is 2.59 bits per heavy atom. The molecule has 0 aromatic heterocycles. The first-order valence-electron chi connectivity index (χ1n) is 7.11. The van der Waals surface area contributed by atoms with E-state index >= 15 is 0 Å². The predicted octanol–water partition coefficient (Wildman–Crippen LogP) is 2.96. The first kappa shape index (κ1) is 14.9. The summed E-state index contributed by atoms with van der Waals surface area (Å²) < 4.78 is 31.6. The number of benzene rings is 2. The molecule has 1 aliphatic rings. The second kappa shape index (κ2) is 5.34. The molecule has 0 saturated heterocycles. The molecule has 0 amide bonds. The molecule has 0 spiro atoms. The number of carbonyl (C=O) groups is 1. The maximum absolute atomic E-state index is 12.7. The highest BCUT2D eigenvalue weighted by molar-refractivity contribution is 7.85. The van der Waals surface area contributed by atoms with Crippen LogP contribution in [0.5, 0.6) is 0 Å². The van der Waals surface area contributed by atoms with Gasteiger partial charge in [0.1, 0.15) is 0 Å². The molecule has 0 fully saturated rings. The number of aryl methyl sites for hydroxylation is 2. The van der Waals surface area contributed by atoms with Gasteiger partial charge in [0.2, 0.25) is 0 Å². The van der Waals surface area contributed by atoms with Gasteiger partial charge in [-0.25, -0.2) is 0 Å². The lowest BCUT2D eigenvalue weighted by molar-refractivity contribution is 0.103. The molecule has 0 heterocycles. The molecule has 0 atom stereocenters. The number of carbonyl (C=O) groups excluding carboxylic acids is 1. The van der Waals surface area contributed by atoms with Crippen molar-refractivity contribution in [2.75, 3.05) is 0 Å². The molecule has 2 aromatic carbocycles. The van der Waals surface area contributed by atoms with E-state index in [2.05, 4.69) is 0 Å². The molecule has 5 heteroatoms. The monoisotopic (exact) mass is 316 g/mol. The van der Waals surface area contributed by atoms with Gasteiger partial charge >= 0.3 is 0 Å². The van der Waals surface area contributed by atoms with Crippen molar-refractivity contribution in [3.8, 4) is 0 Å². The molecule has 0 unspecified atom stereocenters. The normalized spacial score (nSPS) is 13.9. The highest BCUT2D eigenvalue weighted by Crippen LogP contribution is 2.27. The Bertz CT molecular complexity index is 866. The van der Waals surface area contributed by atoms with Crippen molar-refractivity contribution in [3.05, 3.63) is 64.2 Å². The molecule has 0 bridgehead atoms. The number of ketones is 1. The van der Waals surface area contributed by atoms with Gasteiger partial charge < -0.3 is 0 Å². The third-order valence-corrected chi connectivity index (χ3v) is 5.12. The van der Waals surface area contributed by atoms with Gasteiger partial charge in [-0.15, -0.1) is 0 Å². The third kappa shape index (κ3) is 2.58. The van der Waals surface area contributed by atoms with E-state index in [0.717, 1.165) is 24.8 Å². The standard InChI is InChI=1S/C17H16O4S/c1-11-10-13(8-9-16(11)22(19,20)21)17(18)15-7-3-5-12-4-2-6-14(12)15/h3,5,7-10H,2,4,6H2,1H3,(H,19,20,21). The first-order valence-corrected chi connectivity index (χ1v) is 8.55. The number of fused-ring (bicyclic) bond motifs is 1. The summed E-state index contributed by atoms with van der Waals surface area (Å²) in [5.41, 5.74) is 3.81. The summed E-state index contributed by atoms with van der Waals surface area (Å²) in [6, 6.07) is 9.99. The van der Waals surface area contributed by atoms with E-state index in [4.69, 9.17) is 4.55 Å². The van der Waals surface area contributed by atoms with Gasteiger partial charge in [0.05, 0.1) is 4.90 Å². The predicted molar refractivity (Wildman–Crippen MR) is 82.9 cm³/mol. The van der Waals surface area contributed by atoms with Gasteiger partial charge in [-0.1, -0.05) is 18.2 Å². The summed E-state index contributed by atoms with van der Waals surface area (Å²) in [7, 11) is -4.26. The van der Waals surface area contributed by atoms with Crippen LogP contribution in [0.2, 0.25) is 0 Å². The summed E-state index contributed by atoms with van der Waals surface area (Å²) in [5, 5.41) is 0. The Morgan fingerprint density at radius 1 is 1.14 bits per heavy atom. The van der Waals surface area contributed by atoms with Crippen molar-refractivity contribution in [2.24, 2.45) is 0 Å². The van der Waals surface area contributed by atoms with Crippen LogP contribution in [0, 0.1) is 6.92 Å². The zero-order chi connectivity index (χ0) is 15.9. The SMILES string of the molecule is Cc1cc(C(=O)c2cccc3c2CCC3)ccc1S(=O)(=O)O. The van der Waals surface area contributed by atoms with Crippen LogP contribution in [0.3, 0.4) is 0 Å². The van der Waals surface area contributed by atoms with E-state index in [1.165, 1.54) is 23.8 Å². The smallest absolute Gasteiger partial charge is 0.289 e. The van der Waals surface area contributed by atoms with Crippen molar-refractivity contribution >= 4 is 15.9 Å². The highest BCUT2D eigenvalue weighted by Gasteiger charge is 2.21. The van der Waals surface area contributed by atoms with Crippen LogP contribution in [-0.4, -0.2) is 18.8 Å². The Morgan fingerprint density at radius 2 is 1.91 bits per heavy atom. The van der Waals surface area contributed by atoms with E-state index in [9.17, 15) is 13.2 Å². The number of hydrogen-bond donors (Lipinski definition) is 1. The Labute approximate surface area is 129 Å². The fraction of sp³-hybridized carbons (Fsp3) is 0.235. The van der Waals surface area contributed by atoms with E-state index < -0.39 is 10.1 Å². The van der Waals surface area contributed by atoms with Gasteiger partial charge in [0.25, 0.3) is 10.1 Å². The summed E-state index contributed by atoms with van der Waals surface area (Å²) in [4.78, 5) is 12.5. The fourth-order valence-corrected chi connectivity index (χ4v) is 3.77. The number of hydrogen-bond acceptors (Lipinski definition) is 3. The van der Waals surface area contributed by atoms with Crippen molar-refractivity contribution < 1.29 is 17.8 Å². The van der Waals surface area contributed by atoms with Gasteiger partial charge in [0.15, 0.2) is 5.78 Å². The molecule has 22 heavy (non-hydrogen) atoms. The molecular formula is C17H16O4S. The van der Waals surface area contributed by atoms with Crippen molar-refractivity contribution in [2.45, 2.75) is 31.1 Å². The van der Waals surface area contributed by atoms with Gasteiger partial charge in [-0.05, 0) is 61.1 Å². The highest BCUT2D eigenvalue weighted by atomic mass is 32.2. The zero-order valence-electron chi connectivity index (χ0n) is 12.2. The third-order valence-electron chi connectivity index (χ3n) is 4.11. The fourth-order valence-electron chi connectivity index (χ4n) is 3.07. The largest absolute Gasteiger partial charge is 0.294 e. The summed E-state index contributed by atoms with van der Waals surface area (Å²) in [5.74, 6) is -0.108. The maximum atomic E-state index is 12.7. The summed E-state index contributed by atoms with van der Waals surface area (Å²) >= 11 is 0. The molecule has 114 valence electrons. The van der Waals surface area contributed by atoms with Gasteiger partial charge in [0, 0.05) is 11.1 Å². The van der Waals surface area contributed by atoms with Crippen LogP contribution in [0.1, 0.15) is 39.0 Å². The Kier molecular flexibility index (Phi) is 3.62. The van der Waals surface area contributed by atoms with Crippen molar-refractivity contribution in [1.82, 2.24) is 0 Å². The van der Waals surface area contributed by atoms with Crippen LogP contribution in [0.4, 0.5) is 0 Å². The summed E-state index contributed by atoms with van der Waals surface area (Å²) in [6.45, 7) is 1.56. The molecule has 3 rings (SSSR count). The van der Waals surface area contributed by atoms with Crippen LogP contribution in [-0.2, 0) is 23.0 Å². The van der Waals surface area contributed by atoms with E-state index in [1.807, 2.05) is 18.2 Å². The van der Waals surface area contributed by atoms with Gasteiger partial charge in [-0.2, -0.15) is 8.42 Å². The van der Waals surface area contributed by atoms with Crippen LogP contribution in [0.15, 0.2) is 41.3 Å². The minimum absolute atomic E-state index is 0.108. The van der Waals surface area contributed by atoms with E-state index in [-0.39, 0.29) is 10.7 Å². The quantitative estimate of drug-likeness (QED) is 0.698. The lowest BCUT2D eigenvalue weighted by Crippen LogP contribution is -2.07. The molecule has 4 nitrogen and oxygen atoms in total. The second-order valence-corrected chi connectivity index (χ2v) is 6.97. The lowest BCUT2D eigenvalue weighted by atomic mass is 9.95. The minimum atomic E-state index is -4.26. The molecule has 1 aliphatic carbocycles. The van der Waals surface area contributed by atoms with Crippen LogP contribution >= 0.6 is 0 Å². The van der Waals surface area contributed by atoms with Gasteiger partial charge in [-0.3, -0.25) is 9.35 Å².